The molecular weight excluding hydrogens is 376 g/mol. The summed E-state index contributed by atoms with van der Waals surface area (Å²) in [6.45, 7) is 4.95. The van der Waals surface area contributed by atoms with Gasteiger partial charge in [0.15, 0.2) is 0 Å². The fourth-order valence-electron chi connectivity index (χ4n) is 3.09. The molecule has 3 rings (SSSR count). The van der Waals surface area contributed by atoms with Crippen LogP contribution in [-0.4, -0.2) is 38.8 Å². The van der Waals surface area contributed by atoms with Crippen molar-refractivity contribution in [3.8, 4) is 5.75 Å². The number of hydrogen-bond acceptors (Lipinski definition) is 4. The summed E-state index contributed by atoms with van der Waals surface area (Å²) in [5, 5.41) is 0. The summed E-state index contributed by atoms with van der Waals surface area (Å²) in [6.07, 6.45) is 3.04. The molecule has 1 aliphatic rings. The molecule has 148 valence electrons. The van der Waals surface area contributed by atoms with Crippen molar-refractivity contribution < 1.29 is 17.9 Å². The molecule has 0 radical (unpaired) electrons. The number of carbonyl (C=O) groups is 1. The molecule has 0 spiro atoms. The lowest BCUT2D eigenvalue weighted by atomic mass is 10.2. The molecule has 0 aliphatic carbocycles. The molecule has 6 nitrogen and oxygen atoms in total. The maximum absolute atomic E-state index is 12.9. The van der Waals surface area contributed by atoms with Gasteiger partial charge in [-0.25, -0.2) is 8.42 Å². The zero-order chi connectivity index (χ0) is 20.1. The largest absolute Gasteiger partial charge is 0.490 e. The number of benzene rings is 2. The summed E-state index contributed by atoms with van der Waals surface area (Å²) in [7, 11) is -2.08. The van der Waals surface area contributed by atoms with Crippen molar-refractivity contribution in [2.24, 2.45) is 0 Å². The SMILES string of the molecule is C=CCOc1ccc(CN(C)S(=O)(=O)c2ccc(N3CCCC3=O)cc2)cc1. The van der Waals surface area contributed by atoms with Gasteiger partial charge in [0.25, 0.3) is 0 Å². The van der Waals surface area contributed by atoms with Crippen LogP contribution in [-0.2, 0) is 21.4 Å². The van der Waals surface area contributed by atoms with Gasteiger partial charge in [-0.15, -0.1) is 0 Å². The van der Waals surface area contributed by atoms with Crippen LogP contribution in [0.1, 0.15) is 18.4 Å². The van der Waals surface area contributed by atoms with E-state index in [1.54, 1.807) is 54.4 Å². The van der Waals surface area contributed by atoms with E-state index in [9.17, 15) is 13.2 Å². The minimum absolute atomic E-state index is 0.0771. The predicted octanol–water partition coefficient (Wildman–Crippen LogP) is 3.20. The standard InChI is InChI=1S/C21H24N2O4S/c1-3-15-27-19-10-6-17(7-11-19)16-22(2)28(25,26)20-12-8-18(9-13-20)23-14-4-5-21(23)24/h3,6-13H,1,4-5,14-16H2,2H3. The summed E-state index contributed by atoms with van der Waals surface area (Å²) in [5.41, 5.74) is 1.59. The minimum atomic E-state index is -3.63. The first kappa shape index (κ1) is 20.1. The van der Waals surface area contributed by atoms with E-state index >= 15 is 0 Å². The van der Waals surface area contributed by atoms with E-state index in [0.29, 0.717) is 25.3 Å². The highest BCUT2D eigenvalue weighted by Gasteiger charge is 2.24. The summed E-state index contributed by atoms with van der Waals surface area (Å²) < 4.78 is 32.4. The molecular formula is C21H24N2O4S. The van der Waals surface area contributed by atoms with Crippen molar-refractivity contribution in [3.63, 3.8) is 0 Å². The van der Waals surface area contributed by atoms with E-state index in [-0.39, 0.29) is 17.3 Å². The Hall–Kier alpha value is -2.64. The first-order chi connectivity index (χ1) is 13.4. The van der Waals surface area contributed by atoms with Crippen LogP contribution in [0.25, 0.3) is 0 Å². The molecule has 2 aromatic carbocycles. The Bertz CT molecular complexity index is 937. The molecule has 28 heavy (non-hydrogen) atoms. The minimum Gasteiger partial charge on any atom is -0.490 e. The van der Waals surface area contributed by atoms with E-state index in [4.69, 9.17) is 4.74 Å². The number of nitrogens with zero attached hydrogens (tertiary/aromatic N) is 2. The number of sulfonamides is 1. The highest BCUT2D eigenvalue weighted by Crippen LogP contribution is 2.25. The number of ether oxygens (including phenoxy) is 1. The normalized spacial score (nSPS) is 14.5. The number of anilines is 1. The zero-order valence-corrected chi connectivity index (χ0v) is 16.7. The third-order valence-corrected chi connectivity index (χ3v) is 6.44. The van der Waals surface area contributed by atoms with Crippen molar-refractivity contribution in [2.75, 3.05) is 25.1 Å². The van der Waals surface area contributed by atoms with Crippen molar-refractivity contribution in [1.29, 1.82) is 0 Å². The number of hydrogen-bond donors (Lipinski definition) is 0. The topological polar surface area (TPSA) is 66.9 Å². The summed E-state index contributed by atoms with van der Waals surface area (Å²) in [4.78, 5) is 13.7. The quantitative estimate of drug-likeness (QED) is 0.638. The van der Waals surface area contributed by atoms with Crippen molar-refractivity contribution in [2.45, 2.75) is 24.3 Å². The molecule has 0 unspecified atom stereocenters. The lowest BCUT2D eigenvalue weighted by molar-refractivity contribution is -0.117. The van der Waals surface area contributed by atoms with Crippen molar-refractivity contribution >= 4 is 21.6 Å². The molecule has 0 saturated carbocycles. The highest BCUT2D eigenvalue weighted by molar-refractivity contribution is 7.89. The summed E-state index contributed by atoms with van der Waals surface area (Å²) >= 11 is 0. The fraction of sp³-hybridized carbons (Fsp3) is 0.286. The van der Waals surface area contributed by atoms with Gasteiger partial charge in [-0.05, 0) is 48.4 Å². The van der Waals surface area contributed by atoms with Gasteiger partial charge in [0.05, 0.1) is 4.90 Å². The third-order valence-electron chi connectivity index (χ3n) is 4.63. The van der Waals surface area contributed by atoms with Crippen molar-refractivity contribution in [3.05, 3.63) is 66.7 Å². The molecule has 1 aliphatic heterocycles. The number of amides is 1. The van der Waals surface area contributed by atoms with Crippen LogP contribution >= 0.6 is 0 Å². The summed E-state index contributed by atoms with van der Waals surface area (Å²) in [6, 6.07) is 13.8. The molecule has 1 fully saturated rings. The van der Waals surface area contributed by atoms with Gasteiger partial charge in [0.1, 0.15) is 12.4 Å². The van der Waals surface area contributed by atoms with Crippen LogP contribution in [0.3, 0.4) is 0 Å². The van der Waals surface area contributed by atoms with Crippen LogP contribution < -0.4 is 9.64 Å². The zero-order valence-electron chi connectivity index (χ0n) is 15.9. The first-order valence-electron chi connectivity index (χ1n) is 9.11. The highest BCUT2D eigenvalue weighted by atomic mass is 32.2. The van der Waals surface area contributed by atoms with E-state index in [0.717, 1.165) is 17.7 Å². The van der Waals surface area contributed by atoms with E-state index in [2.05, 4.69) is 6.58 Å². The van der Waals surface area contributed by atoms with E-state index < -0.39 is 10.0 Å². The van der Waals surface area contributed by atoms with Gasteiger partial charge >= 0.3 is 0 Å². The molecule has 1 heterocycles. The second-order valence-corrected chi connectivity index (χ2v) is 8.69. The lowest BCUT2D eigenvalue weighted by Crippen LogP contribution is -2.27. The third kappa shape index (κ3) is 4.43. The van der Waals surface area contributed by atoms with E-state index in [1.165, 1.54) is 4.31 Å². The Morgan fingerprint density at radius 3 is 2.39 bits per heavy atom. The maximum Gasteiger partial charge on any atom is 0.243 e. The second-order valence-electron chi connectivity index (χ2n) is 6.65. The van der Waals surface area contributed by atoms with Crippen LogP contribution in [0, 0.1) is 0 Å². The Balaban J connectivity index is 1.69. The number of carbonyl (C=O) groups excluding carboxylic acids is 1. The lowest BCUT2D eigenvalue weighted by Gasteiger charge is -2.19. The van der Waals surface area contributed by atoms with Crippen LogP contribution in [0.2, 0.25) is 0 Å². The molecule has 1 amide bonds. The van der Waals surface area contributed by atoms with Gasteiger partial charge in [0, 0.05) is 32.2 Å². The first-order valence-corrected chi connectivity index (χ1v) is 10.6. The molecule has 1 saturated heterocycles. The van der Waals surface area contributed by atoms with Crippen LogP contribution in [0.15, 0.2) is 66.1 Å². The van der Waals surface area contributed by atoms with Crippen LogP contribution in [0.5, 0.6) is 5.75 Å². The van der Waals surface area contributed by atoms with Gasteiger partial charge in [-0.3, -0.25) is 4.79 Å². The monoisotopic (exact) mass is 400 g/mol. The van der Waals surface area contributed by atoms with Gasteiger partial charge in [-0.1, -0.05) is 24.8 Å². The van der Waals surface area contributed by atoms with Crippen molar-refractivity contribution in [1.82, 2.24) is 4.31 Å². The molecule has 0 bridgehead atoms. The van der Waals surface area contributed by atoms with Gasteiger partial charge in [-0.2, -0.15) is 4.31 Å². The smallest absolute Gasteiger partial charge is 0.243 e. The Labute approximate surface area is 166 Å². The van der Waals surface area contributed by atoms with E-state index in [1.807, 2.05) is 12.1 Å². The molecule has 0 atom stereocenters. The maximum atomic E-state index is 12.9. The molecule has 0 N–H and O–H groups in total. The number of rotatable bonds is 8. The Kier molecular flexibility index (Phi) is 6.16. The molecule has 7 heteroatoms. The molecule has 2 aromatic rings. The van der Waals surface area contributed by atoms with Gasteiger partial charge < -0.3 is 9.64 Å². The Morgan fingerprint density at radius 1 is 1.14 bits per heavy atom. The summed E-state index contributed by atoms with van der Waals surface area (Å²) in [5.74, 6) is 0.787. The van der Waals surface area contributed by atoms with Crippen LogP contribution in [0.4, 0.5) is 5.69 Å². The average molecular weight is 401 g/mol. The second kappa shape index (κ2) is 8.58. The Morgan fingerprint density at radius 2 is 1.82 bits per heavy atom. The molecule has 0 aromatic heterocycles. The predicted molar refractivity (Wildman–Crippen MR) is 109 cm³/mol. The fourth-order valence-corrected chi connectivity index (χ4v) is 4.25. The average Bonchev–Trinajstić information content (AvgIpc) is 3.13. The van der Waals surface area contributed by atoms with Gasteiger partial charge in [0.2, 0.25) is 15.9 Å².